The summed E-state index contributed by atoms with van der Waals surface area (Å²) in [6, 6.07) is 22.8. The summed E-state index contributed by atoms with van der Waals surface area (Å²) >= 11 is 0. The van der Waals surface area contributed by atoms with E-state index in [2.05, 4.69) is 10.5 Å². The quantitative estimate of drug-likeness (QED) is 0.243. The largest absolute Gasteiger partial charge is 0.459 e. The highest BCUT2D eigenvalue weighted by atomic mass is 32.2. The van der Waals surface area contributed by atoms with Crippen LogP contribution in [0.2, 0.25) is 0 Å². The molecule has 1 amide bonds. The number of carbonyl (C=O) groups excluding carboxylic acids is 1. The first-order chi connectivity index (χ1) is 17.7. The van der Waals surface area contributed by atoms with Crippen molar-refractivity contribution in [3.63, 3.8) is 0 Å². The third-order valence-electron chi connectivity index (χ3n) is 5.62. The Bertz CT molecular complexity index is 1490. The lowest BCUT2D eigenvalue weighted by Gasteiger charge is -2.21. The van der Waals surface area contributed by atoms with Crippen LogP contribution < -0.4 is 5.43 Å². The van der Waals surface area contributed by atoms with E-state index < -0.39 is 21.7 Å². The standard InChI is InChI=1S/C28H26FN3O4S/c1-20-3-7-22(8-4-20)18-32(37(34,35)27-15-5-21(2)6-16-27)19-26-14-13-25(36-26)17-30-31-28(33)23-9-11-24(29)12-10-23/h3-17H,18-19H2,1-2H3,(H,31,33)/b30-17-. The van der Waals surface area contributed by atoms with Crippen molar-refractivity contribution in [1.82, 2.24) is 9.73 Å². The number of halogens is 1. The number of sulfonamides is 1. The Morgan fingerprint density at radius 2 is 1.51 bits per heavy atom. The fraction of sp³-hybridized carbons (Fsp3) is 0.143. The lowest BCUT2D eigenvalue weighted by molar-refractivity contribution is 0.0955. The number of aryl methyl sites for hydroxylation is 2. The Morgan fingerprint density at radius 3 is 2.16 bits per heavy atom. The maximum Gasteiger partial charge on any atom is 0.271 e. The maximum absolute atomic E-state index is 13.5. The normalized spacial score (nSPS) is 11.8. The number of benzene rings is 3. The van der Waals surface area contributed by atoms with E-state index in [4.69, 9.17) is 4.42 Å². The Balaban J connectivity index is 1.50. The summed E-state index contributed by atoms with van der Waals surface area (Å²) in [5.41, 5.74) is 5.49. The number of nitrogens with one attached hydrogen (secondary N) is 1. The molecule has 190 valence electrons. The molecule has 1 aromatic heterocycles. The highest BCUT2D eigenvalue weighted by molar-refractivity contribution is 7.89. The molecular formula is C28H26FN3O4S. The van der Waals surface area contributed by atoms with E-state index in [1.54, 1.807) is 36.4 Å². The second-order valence-electron chi connectivity index (χ2n) is 8.58. The first-order valence-electron chi connectivity index (χ1n) is 11.5. The lowest BCUT2D eigenvalue weighted by atomic mass is 10.1. The van der Waals surface area contributed by atoms with Crippen LogP contribution >= 0.6 is 0 Å². The third-order valence-corrected chi connectivity index (χ3v) is 7.42. The van der Waals surface area contributed by atoms with Gasteiger partial charge in [0.2, 0.25) is 10.0 Å². The van der Waals surface area contributed by atoms with Crippen LogP contribution in [0.15, 0.2) is 99.3 Å². The van der Waals surface area contributed by atoms with Gasteiger partial charge in [-0.1, -0.05) is 47.5 Å². The monoisotopic (exact) mass is 519 g/mol. The maximum atomic E-state index is 13.5. The number of amides is 1. The molecule has 0 aliphatic carbocycles. The van der Waals surface area contributed by atoms with Gasteiger partial charge in [0.15, 0.2) is 0 Å². The molecule has 0 aliphatic heterocycles. The van der Waals surface area contributed by atoms with Gasteiger partial charge in [0, 0.05) is 12.1 Å². The van der Waals surface area contributed by atoms with E-state index in [1.165, 1.54) is 34.8 Å². The number of carbonyl (C=O) groups is 1. The van der Waals surface area contributed by atoms with Crippen molar-refractivity contribution in [2.75, 3.05) is 0 Å². The van der Waals surface area contributed by atoms with Crippen molar-refractivity contribution in [1.29, 1.82) is 0 Å². The number of hydrazone groups is 1. The molecule has 0 aliphatic rings. The smallest absolute Gasteiger partial charge is 0.271 e. The molecule has 1 N–H and O–H groups in total. The van der Waals surface area contributed by atoms with E-state index >= 15 is 0 Å². The Morgan fingerprint density at radius 1 is 0.892 bits per heavy atom. The van der Waals surface area contributed by atoms with Crippen molar-refractivity contribution >= 4 is 22.1 Å². The molecule has 0 spiro atoms. The fourth-order valence-electron chi connectivity index (χ4n) is 3.53. The average Bonchev–Trinajstić information content (AvgIpc) is 3.32. The molecule has 3 aromatic carbocycles. The van der Waals surface area contributed by atoms with Gasteiger partial charge in [-0.25, -0.2) is 18.2 Å². The summed E-state index contributed by atoms with van der Waals surface area (Å²) in [5, 5.41) is 3.87. The average molecular weight is 520 g/mol. The highest BCUT2D eigenvalue weighted by Gasteiger charge is 2.26. The summed E-state index contributed by atoms with van der Waals surface area (Å²) in [6.45, 7) is 4.03. The Labute approximate surface area is 215 Å². The Kier molecular flexibility index (Phi) is 7.95. The summed E-state index contributed by atoms with van der Waals surface area (Å²) in [5.74, 6) is -0.202. The molecule has 0 saturated carbocycles. The highest BCUT2D eigenvalue weighted by Crippen LogP contribution is 2.22. The molecule has 37 heavy (non-hydrogen) atoms. The molecule has 7 nitrogen and oxygen atoms in total. The summed E-state index contributed by atoms with van der Waals surface area (Å²) in [7, 11) is -3.82. The second kappa shape index (κ2) is 11.3. The number of nitrogens with zero attached hydrogens (tertiary/aromatic N) is 2. The van der Waals surface area contributed by atoms with Crippen molar-refractivity contribution in [2.24, 2.45) is 5.10 Å². The van der Waals surface area contributed by atoms with Gasteiger partial charge in [0.05, 0.1) is 17.7 Å². The van der Waals surface area contributed by atoms with Crippen molar-refractivity contribution < 1.29 is 22.0 Å². The van der Waals surface area contributed by atoms with Gasteiger partial charge in [0.25, 0.3) is 5.91 Å². The summed E-state index contributed by atoms with van der Waals surface area (Å²) < 4.78 is 47.2. The molecule has 9 heteroatoms. The number of rotatable bonds is 9. The van der Waals surface area contributed by atoms with Crippen LogP contribution in [0.25, 0.3) is 0 Å². The molecule has 0 saturated heterocycles. The minimum Gasteiger partial charge on any atom is -0.459 e. The first kappa shape index (κ1) is 26.0. The van der Waals surface area contributed by atoms with Gasteiger partial charge < -0.3 is 4.42 Å². The molecule has 1 heterocycles. The topological polar surface area (TPSA) is 92.0 Å². The first-order valence-corrected chi connectivity index (χ1v) is 12.9. The minimum absolute atomic E-state index is 0.000134. The molecule has 0 radical (unpaired) electrons. The lowest BCUT2D eigenvalue weighted by Crippen LogP contribution is -2.30. The fourth-order valence-corrected chi connectivity index (χ4v) is 4.92. The van der Waals surface area contributed by atoms with Crippen LogP contribution in [0.5, 0.6) is 0 Å². The van der Waals surface area contributed by atoms with E-state index in [0.717, 1.165) is 16.7 Å². The zero-order chi connectivity index (χ0) is 26.4. The SMILES string of the molecule is Cc1ccc(CN(Cc2ccc(/C=N\NC(=O)c3ccc(F)cc3)o2)S(=O)(=O)c2ccc(C)cc2)cc1. The Hall–Kier alpha value is -4.08. The number of furan rings is 1. The zero-order valence-corrected chi connectivity index (χ0v) is 21.2. The predicted octanol–water partition coefficient (Wildman–Crippen LogP) is 5.19. The molecule has 0 bridgehead atoms. The van der Waals surface area contributed by atoms with Gasteiger partial charge in [-0.2, -0.15) is 9.41 Å². The van der Waals surface area contributed by atoms with Crippen LogP contribution in [0, 0.1) is 19.7 Å². The van der Waals surface area contributed by atoms with Gasteiger partial charge in [-0.05, 0) is 67.9 Å². The van der Waals surface area contributed by atoms with E-state index in [1.807, 2.05) is 38.1 Å². The molecule has 4 aromatic rings. The molecule has 4 rings (SSSR count). The molecular weight excluding hydrogens is 493 g/mol. The van der Waals surface area contributed by atoms with Gasteiger partial charge in [-0.15, -0.1) is 0 Å². The van der Waals surface area contributed by atoms with Gasteiger partial charge in [-0.3, -0.25) is 4.79 Å². The molecule has 0 atom stereocenters. The van der Waals surface area contributed by atoms with E-state index in [-0.39, 0.29) is 23.5 Å². The van der Waals surface area contributed by atoms with Crippen LogP contribution in [0.4, 0.5) is 4.39 Å². The van der Waals surface area contributed by atoms with Gasteiger partial charge in [0.1, 0.15) is 17.3 Å². The number of hydrogen-bond donors (Lipinski definition) is 1. The van der Waals surface area contributed by atoms with Crippen LogP contribution in [0.3, 0.4) is 0 Å². The van der Waals surface area contributed by atoms with Crippen molar-refractivity contribution in [3.8, 4) is 0 Å². The van der Waals surface area contributed by atoms with Gasteiger partial charge >= 0.3 is 0 Å². The molecule has 0 unspecified atom stereocenters. The molecule has 0 fully saturated rings. The van der Waals surface area contributed by atoms with Crippen LogP contribution in [0.1, 0.15) is 38.6 Å². The van der Waals surface area contributed by atoms with Crippen molar-refractivity contribution in [3.05, 3.63) is 125 Å². The summed E-state index contributed by atoms with van der Waals surface area (Å²) in [4.78, 5) is 12.3. The second-order valence-corrected chi connectivity index (χ2v) is 10.5. The third kappa shape index (κ3) is 6.78. The van der Waals surface area contributed by atoms with Crippen LogP contribution in [-0.2, 0) is 23.1 Å². The van der Waals surface area contributed by atoms with Crippen molar-refractivity contribution in [2.45, 2.75) is 31.8 Å². The van der Waals surface area contributed by atoms with E-state index in [0.29, 0.717) is 11.5 Å². The predicted molar refractivity (Wildman–Crippen MR) is 139 cm³/mol. The number of hydrogen-bond acceptors (Lipinski definition) is 5. The van der Waals surface area contributed by atoms with Crippen LogP contribution in [-0.4, -0.2) is 24.8 Å². The summed E-state index contributed by atoms with van der Waals surface area (Å²) in [6.07, 6.45) is 1.31. The van der Waals surface area contributed by atoms with E-state index in [9.17, 15) is 17.6 Å². The zero-order valence-electron chi connectivity index (χ0n) is 20.4. The minimum atomic E-state index is -3.82.